The predicted molar refractivity (Wildman–Crippen MR) is 88.4 cm³/mol. The number of halogens is 3. The Labute approximate surface area is 137 Å². The molecule has 0 aromatic heterocycles. The van der Waals surface area contributed by atoms with Gasteiger partial charge in [-0.1, -0.05) is 11.6 Å². The first-order chi connectivity index (χ1) is 8.49. The van der Waals surface area contributed by atoms with E-state index in [-0.39, 0.29) is 36.8 Å². The van der Waals surface area contributed by atoms with Crippen LogP contribution in [0, 0.1) is 0 Å². The Morgan fingerprint density at radius 2 is 2.00 bits per heavy atom. The number of carbonyl (C=O) groups is 1. The predicted octanol–water partition coefficient (Wildman–Crippen LogP) is 2.54. The fourth-order valence-corrected chi connectivity index (χ4v) is 2.57. The number of carbonyl (C=O) groups excluding carboxylic acids is 1. The maximum Gasteiger partial charge on any atom is 0.255 e. The third-order valence-corrected chi connectivity index (χ3v) is 3.63. The Morgan fingerprint density at radius 3 is 2.55 bits per heavy atom. The Balaban J connectivity index is 0.00000180. The average Bonchev–Trinajstić information content (AvgIpc) is 2.28. The number of likely N-dealkylation sites (N-methyl/N-ethyl adjacent to an activating group) is 1. The van der Waals surface area contributed by atoms with Crippen LogP contribution in [0.5, 0.6) is 0 Å². The molecule has 1 aliphatic heterocycles. The van der Waals surface area contributed by atoms with Crippen molar-refractivity contribution in [3.63, 3.8) is 0 Å². The fourth-order valence-electron chi connectivity index (χ4n) is 2.30. The molecule has 1 aromatic rings. The number of rotatable bonds is 1. The van der Waals surface area contributed by atoms with Gasteiger partial charge < -0.3 is 15.5 Å². The van der Waals surface area contributed by atoms with Crippen LogP contribution in [0.4, 0.5) is 5.69 Å². The summed E-state index contributed by atoms with van der Waals surface area (Å²) in [5.74, 6) is -0.0133. The first kappa shape index (κ1) is 19.3. The summed E-state index contributed by atoms with van der Waals surface area (Å²) in [6, 6.07) is 5.23. The molecule has 1 atom stereocenters. The first-order valence-electron chi connectivity index (χ1n) is 6.03. The topological polar surface area (TPSA) is 49.6 Å². The fraction of sp³-hybridized carbons (Fsp3) is 0.462. The Bertz CT molecular complexity index is 470. The lowest BCUT2D eigenvalue weighted by Crippen LogP contribution is -2.52. The zero-order valence-corrected chi connectivity index (χ0v) is 13.9. The molecule has 114 valence electrons. The van der Waals surface area contributed by atoms with Crippen molar-refractivity contribution in [3.8, 4) is 0 Å². The van der Waals surface area contributed by atoms with E-state index < -0.39 is 0 Å². The maximum absolute atomic E-state index is 12.4. The summed E-state index contributed by atoms with van der Waals surface area (Å²) in [6.45, 7) is 4.57. The van der Waals surface area contributed by atoms with Crippen LogP contribution in [0.1, 0.15) is 17.3 Å². The van der Waals surface area contributed by atoms with Crippen LogP contribution in [-0.2, 0) is 0 Å². The molecule has 1 aliphatic rings. The van der Waals surface area contributed by atoms with E-state index in [4.69, 9.17) is 17.3 Å². The average molecular weight is 341 g/mol. The Morgan fingerprint density at radius 1 is 1.35 bits per heavy atom. The van der Waals surface area contributed by atoms with E-state index in [9.17, 15) is 4.79 Å². The molecule has 1 aromatic carbocycles. The highest BCUT2D eigenvalue weighted by Gasteiger charge is 2.27. The molecular weight excluding hydrogens is 321 g/mol. The normalized spacial score (nSPS) is 18.9. The van der Waals surface area contributed by atoms with Gasteiger partial charge in [0.15, 0.2) is 0 Å². The largest absolute Gasteiger partial charge is 0.399 e. The molecule has 2 rings (SSSR count). The molecule has 1 unspecified atom stereocenters. The lowest BCUT2D eigenvalue weighted by Gasteiger charge is -2.38. The van der Waals surface area contributed by atoms with Crippen molar-refractivity contribution in [2.75, 3.05) is 32.4 Å². The van der Waals surface area contributed by atoms with E-state index in [1.54, 1.807) is 18.2 Å². The molecule has 0 bridgehead atoms. The maximum atomic E-state index is 12.4. The molecule has 7 heteroatoms. The van der Waals surface area contributed by atoms with Gasteiger partial charge in [0.1, 0.15) is 0 Å². The molecule has 20 heavy (non-hydrogen) atoms. The third kappa shape index (κ3) is 4.16. The molecule has 1 saturated heterocycles. The van der Waals surface area contributed by atoms with Crippen molar-refractivity contribution in [3.05, 3.63) is 28.8 Å². The highest BCUT2D eigenvalue weighted by molar-refractivity contribution is 6.34. The zero-order valence-electron chi connectivity index (χ0n) is 11.5. The summed E-state index contributed by atoms with van der Waals surface area (Å²) in [5.41, 5.74) is 6.74. The van der Waals surface area contributed by atoms with Gasteiger partial charge in [-0.05, 0) is 32.2 Å². The van der Waals surface area contributed by atoms with Gasteiger partial charge in [-0.25, -0.2) is 0 Å². The van der Waals surface area contributed by atoms with Crippen LogP contribution in [0.3, 0.4) is 0 Å². The minimum absolute atomic E-state index is 0. The summed E-state index contributed by atoms with van der Waals surface area (Å²) in [6.07, 6.45) is 0. The van der Waals surface area contributed by atoms with E-state index in [1.807, 2.05) is 4.90 Å². The van der Waals surface area contributed by atoms with E-state index in [0.29, 0.717) is 16.3 Å². The molecule has 0 spiro atoms. The van der Waals surface area contributed by atoms with Gasteiger partial charge in [-0.15, -0.1) is 24.8 Å². The number of nitrogens with zero attached hydrogens (tertiary/aromatic N) is 2. The van der Waals surface area contributed by atoms with E-state index in [2.05, 4.69) is 18.9 Å². The summed E-state index contributed by atoms with van der Waals surface area (Å²) in [5, 5.41) is 0.422. The van der Waals surface area contributed by atoms with Crippen LogP contribution in [0.25, 0.3) is 0 Å². The number of nitrogens with two attached hydrogens (primary N) is 1. The molecule has 0 saturated carbocycles. The van der Waals surface area contributed by atoms with E-state index >= 15 is 0 Å². The number of benzene rings is 1. The lowest BCUT2D eigenvalue weighted by molar-refractivity contribution is 0.0534. The van der Waals surface area contributed by atoms with Crippen molar-refractivity contribution in [1.29, 1.82) is 0 Å². The molecule has 0 radical (unpaired) electrons. The third-order valence-electron chi connectivity index (χ3n) is 3.31. The zero-order chi connectivity index (χ0) is 13.3. The van der Waals surface area contributed by atoms with Gasteiger partial charge in [0.05, 0.1) is 10.6 Å². The van der Waals surface area contributed by atoms with Gasteiger partial charge in [-0.3, -0.25) is 4.79 Å². The van der Waals surface area contributed by atoms with Crippen molar-refractivity contribution in [1.82, 2.24) is 9.80 Å². The van der Waals surface area contributed by atoms with Crippen molar-refractivity contribution in [2.45, 2.75) is 13.0 Å². The van der Waals surface area contributed by atoms with Crippen LogP contribution in [-0.4, -0.2) is 48.4 Å². The number of anilines is 1. The number of nitrogen functional groups attached to an aromatic ring is 1. The smallest absolute Gasteiger partial charge is 0.255 e. The number of hydrogen-bond acceptors (Lipinski definition) is 3. The van der Waals surface area contributed by atoms with Crippen LogP contribution >= 0.6 is 36.4 Å². The first-order valence-corrected chi connectivity index (χ1v) is 6.41. The Kier molecular flexibility index (Phi) is 7.66. The van der Waals surface area contributed by atoms with E-state index in [1.165, 1.54) is 0 Å². The van der Waals surface area contributed by atoms with Crippen LogP contribution in [0.15, 0.2) is 18.2 Å². The minimum atomic E-state index is -0.0133. The van der Waals surface area contributed by atoms with Crippen LogP contribution in [0.2, 0.25) is 5.02 Å². The summed E-state index contributed by atoms with van der Waals surface area (Å²) in [4.78, 5) is 16.5. The summed E-state index contributed by atoms with van der Waals surface area (Å²) < 4.78 is 0. The van der Waals surface area contributed by atoms with Crippen molar-refractivity contribution < 1.29 is 4.79 Å². The van der Waals surface area contributed by atoms with Gasteiger partial charge in [0, 0.05) is 31.4 Å². The molecule has 1 fully saturated rings. The molecule has 0 aliphatic carbocycles. The second kappa shape index (κ2) is 7.93. The molecule has 2 N–H and O–H groups in total. The van der Waals surface area contributed by atoms with Crippen LogP contribution < -0.4 is 5.73 Å². The monoisotopic (exact) mass is 339 g/mol. The number of amides is 1. The van der Waals surface area contributed by atoms with Gasteiger partial charge in [0.25, 0.3) is 5.91 Å². The second-order valence-electron chi connectivity index (χ2n) is 4.85. The van der Waals surface area contributed by atoms with Crippen molar-refractivity contribution >= 4 is 48.0 Å². The lowest BCUT2D eigenvalue weighted by atomic mass is 10.1. The molecule has 4 nitrogen and oxygen atoms in total. The van der Waals surface area contributed by atoms with Crippen molar-refractivity contribution in [2.24, 2.45) is 0 Å². The molecular formula is C13H20Cl3N3O. The van der Waals surface area contributed by atoms with Gasteiger partial charge in [0.2, 0.25) is 0 Å². The standard InChI is InChI=1S/C13H18ClN3O.2ClH/c1-9-8-16(2)5-6-17(9)13(18)11-4-3-10(15)7-12(11)14;;/h3-4,7,9H,5-6,8,15H2,1-2H3;2*1H. The SMILES string of the molecule is CC1CN(C)CCN1C(=O)c1ccc(N)cc1Cl.Cl.Cl. The second-order valence-corrected chi connectivity index (χ2v) is 5.26. The van der Waals surface area contributed by atoms with Gasteiger partial charge >= 0.3 is 0 Å². The Hall–Kier alpha value is -0.680. The summed E-state index contributed by atoms with van der Waals surface area (Å²) in [7, 11) is 2.06. The number of hydrogen-bond donors (Lipinski definition) is 1. The number of piperazine rings is 1. The minimum Gasteiger partial charge on any atom is -0.399 e. The quantitative estimate of drug-likeness (QED) is 0.799. The highest BCUT2D eigenvalue weighted by atomic mass is 35.5. The highest BCUT2D eigenvalue weighted by Crippen LogP contribution is 2.22. The van der Waals surface area contributed by atoms with Gasteiger partial charge in [-0.2, -0.15) is 0 Å². The molecule has 1 amide bonds. The summed E-state index contributed by atoms with van der Waals surface area (Å²) >= 11 is 6.08. The molecule has 1 heterocycles. The van der Waals surface area contributed by atoms with E-state index in [0.717, 1.165) is 19.6 Å².